The number of amidine groups is 1. The predicted octanol–water partition coefficient (Wildman–Crippen LogP) is 2.40. The Morgan fingerprint density at radius 3 is 2.58 bits per heavy atom. The lowest BCUT2D eigenvalue weighted by atomic mass is 10.2. The zero-order valence-corrected chi connectivity index (χ0v) is 13.1. The number of carbonyl (C=O) groups is 3. The quantitative estimate of drug-likeness (QED) is 0.914. The highest BCUT2D eigenvalue weighted by Crippen LogP contribution is 2.33. The minimum absolute atomic E-state index is 0.0465. The maximum absolute atomic E-state index is 12.5. The van der Waals surface area contributed by atoms with E-state index in [1.165, 1.54) is 17.2 Å². The van der Waals surface area contributed by atoms with Crippen molar-refractivity contribution in [2.45, 2.75) is 11.7 Å². The lowest BCUT2D eigenvalue weighted by molar-refractivity contribution is -0.138. The standard InChI is InChI=1S/C16H12N2O5S/c19-13(20)9-12-15(22)18(10-5-2-1-3-6-10)16(24-12)17-14(21)11-7-4-8-23-11/h1-8,12H,9H2,(H,19,20)/t12-/m1/s1. The third-order valence-corrected chi connectivity index (χ3v) is 4.38. The van der Waals surface area contributed by atoms with Crippen molar-refractivity contribution in [1.29, 1.82) is 0 Å². The highest BCUT2D eigenvalue weighted by molar-refractivity contribution is 8.16. The third kappa shape index (κ3) is 3.23. The van der Waals surface area contributed by atoms with Gasteiger partial charge in [0.2, 0.25) is 5.91 Å². The van der Waals surface area contributed by atoms with Gasteiger partial charge >= 0.3 is 11.9 Å². The minimum Gasteiger partial charge on any atom is -0.481 e. The molecule has 0 radical (unpaired) electrons. The molecule has 2 aromatic rings. The van der Waals surface area contributed by atoms with Crippen LogP contribution in [0.15, 0.2) is 58.1 Å². The second-order valence-electron chi connectivity index (χ2n) is 4.89. The molecule has 0 saturated carbocycles. The molecule has 1 aliphatic rings. The molecule has 1 aliphatic heterocycles. The number of para-hydroxylation sites is 1. The summed E-state index contributed by atoms with van der Waals surface area (Å²) in [5, 5.41) is 8.27. The molecule has 2 amide bonds. The Bertz CT molecular complexity index is 801. The van der Waals surface area contributed by atoms with Gasteiger partial charge in [-0.2, -0.15) is 4.99 Å². The van der Waals surface area contributed by atoms with Crippen LogP contribution in [0, 0.1) is 0 Å². The summed E-state index contributed by atoms with van der Waals surface area (Å²) < 4.78 is 5.00. The van der Waals surface area contributed by atoms with Crippen molar-refractivity contribution >= 4 is 40.4 Å². The lowest BCUT2D eigenvalue weighted by Crippen LogP contribution is -2.33. The molecule has 1 aromatic heterocycles. The number of furan rings is 1. The molecule has 0 spiro atoms. The highest BCUT2D eigenvalue weighted by atomic mass is 32.2. The van der Waals surface area contributed by atoms with Crippen LogP contribution in [0.2, 0.25) is 0 Å². The number of nitrogens with zero attached hydrogens (tertiary/aromatic N) is 2. The van der Waals surface area contributed by atoms with Crippen molar-refractivity contribution in [3.63, 3.8) is 0 Å². The van der Waals surface area contributed by atoms with Crippen molar-refractivity contribution in [3.05, 3.63) is 54.5 Å². The smallest absolute Gasteiger partial charge is 0.315 e. The van der Waals surface area contributed by atoms with Crippen LogP contribution in [0.25, 0.3) is 0 Å². The van der Waals surface area contributed by atoms with Gasteiger partial charge in [0.05, 0.1) is 18.4 Å². The summed E-state index contributed by atoms with van der Waals surface area (Å²) in [7, 11) is 0. The monoisotopic (exact) mass is 344 g/mol. The minimum atomic E-state index is -1.09. The van der Waals surface area contributed by atoms with Crippen LogP contribution in [-0.4, -0.2) is 33.3 Å². The average molecular weight is 344 g/mol. The normalized spacial score (nSPS) is 19.0. The van der Waals surface area contributed by atoms with Gasteiger partial charge in [0.25, 0.3) is 0 Å². The first kappa shape index (κ1) is 16.0. The molecule has 0 aliphatic carbocycles. The van der Waals surface area contributed by atoms with Gasteiger partial charge in [-0.25, -0.2) is 0 Å². The summed E-state index contributed by atoms with van der Waals surface area (Å²) in [5.41, 5.74) is 0.522. The number of benzene rings is 1. The first-order valence-electron chi connectivity index (χ1n) is 7.00. The Balaban J connectivity index is 1.96. The molecule has 1 saturated heterocycles. The van der Waals surface area contributed by atoms with Gasteiger partial charge < -0.3 is 9.52 Å². The van der Waals surface area contributed by atoms with E-state index in [4.69, 9.17) is 9.52 Å². The number of carboxylic acid groups (broad SMARTS) is 1. The predicted molar refractivity (Wildman–Crippen MR) is 88.0 cm³/mol. The molecule has 3 rings (SSSR count). The van der Waals surface area contributed by atoms with E-state index in [1.807, 2.05) is 0 Å². The van der Waals surface area contributed by atoms with Gasteiger partial charge in [0, 0.05) is 0 Å². The molecular formula is C16H12N2O5S. The molecule has 1 N–H and O–H groups in total. The molecule has 122 valence electrons. The van der Waals surface area contributed by atoms with E-state index in [9.17, 15) is 14.4 Å². The fourth-order valence-corrected chi connectivity index (χ4v) is 3.31. The van der Waals surface area contributed by atoms with Crippen LogP contribution < -0.4 is 4.90 Å². The van der Waals surface area contributed by atoms with Gasteiger partial charge in [0.1, 0.15) is 5.25 Å². The van der Waals surface area contributed by atoms with Crippen LogP contribution in [0.1, 0.15) is 17.0 Å². The Labute approximate surface area is 141 Å². The van der Waals surface area contributed by atoms with E-state index in [2.05, 4.69) is 4.99 Å². The molecule has 24 heavy (non-hydrogen) atoms. The Morgan fingerprint density at radius 1 is 1.21 bits per heavy atom. The van der Waals surface area contributed by atoms with Gasteiger partial charge in [-0.15, -0.1) is 0 Å². The number of rotatable bonds is 4. The largest absolute Gasteiger partial charge is 0.481 e. The van der Waals surface area contributed by atoms with E-state index in [0.717, 1.165) is 11.8 Å². The number of aliphatic carboxylic acids is 1. The maximum Gasteiger partial charge on any atom is 0.315 e. The van der Waals surface area contributed by atoms with Gasteiger partial charge in [-0.1, -0.05) is 30.0 Å². The molecule has 8 heteroatoms. The summed E-state index contributed by atoms with van der Waals surface area (Å²) >= 11 is 0.959. The summed E-state index contributed by atoms with van der Waals surface area (Å²) in [4.78, 5) is 40.8. The Hall–Kier alpha value is -2.87. The number of hydrogen-bond acceptors (Lipinski definition) is 5. The van der Waals surface area contributed by atoms with Crippen molar-refractivity contribution in [2.24, 2.45) is 4.99 Å². The van der Waals surface area contributed by atoms with E-state index < -0.39 is 23.0 Å². The molecule has 0 bridgehead atoms. The van der Waals surface area contributed by atoms with Crippen molar-refractivity contribution in [3.8, 4) is 0 Å². The first-order valence-corrected chi connectivity index (χ1v) is 7.88. The summed E-state index contributed by atoms with van der Waals surface area (Å²) in [6, 6.07) is 11.7. The number of aliphatic imine (C=N–C) groups is 1. The van der Waals surface area contributed by atoms with Crippen molar-refractivity contribution < 1.29 is 23.9 Å². The second kappa shape index (κ2) is 6.71. The van der Waals surface area contributed by atoms with Gasteiger partial charge in [-0.3, -0.25) is 19.3 Å². The van der Waals surface area contributed by atoms with E-state index in [1.54, 1.807) is 36.4 Å². The summed E-state index contributed by atoms with van der Waals surface area (Å²) in [6.07, 6.45) is 1.00. The average Bonchev–Trinajstić information content (AvgIpc) is 3.17. The SMILES string of the molecule is O=C(O)C[C@H]1SC(=NC(=O)c2ccco2)N(c2ccccc2)C1=O. The molecule has 1 fully saturated rings. The molecule has 7 nitrogen and oxygen atoms in total. The maximum atomic E-state index is 12.5. The Morgan fingerprint density at radius 2 is 1.96 bits per heavy atom. The first-order chi connectivity index (χ1) is 11.6. The molecule has 1 atom stereocenters. The number of anilines is 1. The van der Waals surface area contributed by atoms with E-state index in [-0.39, 0.29) is 17.3 Å². The van der Waals surface area contributed by atoms with Crippen LogP contribution in [0.4, 0.5) is 5.69 Å². The molecule has 2 heterocycles. The molecular weight excluding hydrogens is 332 g/mol. The number of amides is 2. The number of carboxylic acids is 1. The Kier molecular flexibility index (Phi) is 4.48. The van der Waals surface area contributed by atoms with Crippen LogP contribution in [0.3, 0.4) is 0 Å². The van der Waals surface area contributed by atoms with Crippen molar-refractivity contribution in [2.75, 3.05) is 4.90 Å². The van der Waals surface area contributed by atoms with Crippen molar-refractivity contribution in [1.82, 2.24) is 0 Å². The lowest BCUT2D eigenvalue weighted by Gasteiger charge is -2.15. The third-order valence-electron chi connectivity index (χ3n) is 3.24. The topological polar surface area (TPSA) is 100 Å². The highest BCUT2D eigenvalue weighted by Gasteiger charge is 2.40. The van der Waals surface area contributed by atoms with Crippen LogP contribution in [-0.2, 0) is 9.59 Å². The molecule has 0 unspecified atom stereocenters. The fourth-order valence-electron chi connectivity index (χ4n) is 2.19. The van der Waals surface area contributed by atoms with E-state index >= 15 is 0 Å². The second-order valence-corrected chi connectivity index (χ2v) is 6.06. The van der Waals surface area contributed by atoms with E-state index in [0.29, 0.717) is 5.69 Å². The summed E-state index contributed by atoms with van der Waals surface area (Å²) in [6.45, 7) is 0. The van der Waals surface area contributed by atoms with Gasteiger partial charge in [-0.05, 0) is 24.3 Å². The van der Waals surface area contributed by atoms with Gasteiger partial charge in [0.15, 0.2) is 10.9 Å². The number of thioether (sulfide) groups is 1. The fraction of sp³-hybridized carbons (Fsp3) is 0.125. The zero-order chi connectivity index (χ0) is 17.1. The number of hydrogen-bond donors (Lipinski definition) is 1. The molecule has 1 aromatic carbocycles. The summed E-state index contributed by atoms with van der Waals surface area (Å²) in [5.74, 6) is -2.09. The number of carbonyl (C=O) groups excluding carboxylic acids is 2. The zero-order valence-electron chi connectivity index (χ0n) is 12.3. The van der Waals surface area contributed by atoms with Crippen LogP contribution in [0.5, 0.6) is 0 Å². The van der Waals surface area contributed by atoms with Crippen LogP contribution >= 0.6 is 11.8 Å².